The molecule has 0 radical (unpaired) electrons. The molecule has 0 atom stereocenters. The number of hydrogen-bond acceptors (Lipinski definition) is 2. The monoisotopic (exact) mass is 128 g/mol. The smallest absolute Gasteiger partial charge is 0.219 e. The first-order chi connectivity index (χ1) is 4.22. The Balaban J connectivity index is 2.32. The van der Waals surface area contributed by atoms with Gasteiger partial charge in [-0.1, -0.05) is 0 Å². The van der Waals surface area contributed by atoms with Crippen molar-refractivity contribution in [2.75, 3.05) is 20.1 Å². The molecule has 1 aliphatic heterocycles. The maximum Gasteiger partial charge on any atom is 0.219 e. The third-order valence-corrected chi connectivity index (χ3v) is 1.80. The van der Waals surface area contributed by atoms with Crippen molar-refractivity contribution in [1.29, 1.82) is 0 Å². The second kappa shape index (κ2) is 2.35. The zero-order chi connectivity index (χ0) is 6.85. The lowest BCUT2D eigenvalue weighted by Gasteiger charge is -2.34. The zero-order valence-electron chi connectivity index (χ0n) is 5.85. The van der Waals surface area contributed by atoms with E-state index in [1.165, 1.54) is 0 Å². The topological polar surface area (TPSA) is 32.3 Å². The van der Waals surface area contributed by atoms with Gasteiger partial charge in [-0.05, 0) is 0 Å². The van der Waals surface area contributed by atoms with Crippen LogP contribution in [0, 0.1) is 0 Å². The Morgan fingerprint density at radius 3 is 2.33 bits per heavy atom. The van der Waals surface area contributed by atoms with Crippen LogP contribution in [-0.4, -0.2) is 37.0 Å². The van der Waals surface area contributed by atoms with Crippen LogP contribution in [0.2, 0.25) is 0 Å². The summed E-state index contributed by atoms with van der Waals surface area (Å²) in [7, 11) is 1.84. The van der Waals surface area contributed by atoms with Crippen molar-refractivity contribution in [2.24, 2.45) is 0 Å². The Morgan fingerprint density at radius 1 is 1.67 bits per heavy atom. The second-order valence-corrected chi connectivity index (χ2v) is 2.44. The lowest BCUT2D eigenvalue weighted by atomic mass is 10.1. The molecule has 9 heavy (non-hydrogen) atoms. The van der Waals surface area contributed by atoms with Gasteiger partial charge in [0.05, 0.1) is 6.04 Å². The number of rotatable bonds is 1. The molecule has 1 rings (SSSR count). The molecule has 1 aliphatic rings. The van der Waals surface area contributed by atoms with Crippen molar-refractivity contribution < 1.29 is 4.79 Å². The van der Waals surface area contributed by atoms with Gasteiger partial charge in [-0.25, -0.2) is 0 Å². The van der Waals surface area contributed by atoms with Gasteiger partial charge in [-0.3, -0.25) is 4.79 Å². The highest BCUT2D eigenvalue weighted by atomic mass is 16.2. The molecule has 0 unspecified atom stereocenters. The molecule has 0 bridgehead atoms. The van der Waals surface area contributed by atoms with E-state index in [2.05, 4.69) is 5.32 Å². The number of carbonyl (C=O) groups excluding carboxylic acids is 1. The third-order valence-electron chi connectivity index (χ3n) is 1.80. The molecular formula is C6H12N2O. The minimum atomic E-state index is 0.154. The zero-order valence-corrected chi connectivity index (χ0v) is 5.85. The summed E-state index contributed by atoms with van der Waals surface area (Å²) in [4.78, 5) is 12.5. The molecule has 3 nitrogen and oxygen atoms in total. The summed E-state index contributed by atoms with van der Waals surface area (Å²) in [6.07, 6.45) is 0. The summed E-state index contributed by atoms with van der Waals surface area (Å²) in [5.74, 6) is 0.154. The fourth-order valence-corrected chi connectivity index (χ4v) is 0.804. The van der Waals surface area contributed by atoms with Crippen LogP contribution in [0.25, 0.3) is 0 Å². The van der Waals surface area contributed by atoms with Gasteiger partial charge < -0.3 is 10.2 Å². The van der Waals surface area contributed by atoms with E-state index in [0.29, 0.717) is 6.04 Å². The largest absolute Gasteiger partial charge is 0.340 e. The predicted molar refractivity (Wildman–Crippen MR) is 35.1 cm³/mol. The fraction of sp³-hybridized carbons (Fsp3) is 0.833. The molecule has 1 heterocycles. The average Bonchev–Trinajstić information content (AvgIpc) is 1.60. The van der Waals surface area contributed by atoms with Gasteiger partial charge in [-0.2, -0.15) is 0 Å². The van der Waals surface area contributed by atoms with E-state index in [0.717, 1.165) is 13.1 Å². The molecule has 1 N–H and O–H groups in total. The summed E-state index contributed by atoms with van der Waals surface area (Å²) in [6.45, 7) is 3.50. The number of carbonyl (C=O) groups is 1. The first-order valence-electron chi connectivity index (χ1n) is 3.16. The van der Waals surface area contributed by atoms with E-state index in [9.17, 15) is 4.79 Å². The van der Waals surface area contributed by atoms with Gasteiger partial charge in [0, 0.05) is 27.1 Å². The first-order valence-corrected chi connectivity index (χ1v) is 3.16. The molecule has 0 aliphatic carbocycles. The quantitative estimate of drug-likeness (QED) is 0.513. The number of nitrogens with zero attached hydrogens (tertiary/aromatic N) is 1. The third kappa shape index (κ3) is 1.21. The molecule has 0 spiro atoms. The minimum Gasteiger partial charge on any atom is -0.340 e. The first kappa shape index (κ1) is 6.55. The van der Waals surface area contributed by atoms with Gasteiger partial charge in [0.1, 0.15) is 0 Å². The van der Waals surface area contributed by atoms with Gasteiger partial charge in [-0.15, -0.1) is 0 Å². The minimum absolute atomic E-state index is 0.154. The van der Waals surface area contributed by atoms with E-state index in [-0.39, 0.29) is 5.91 Å². The van der Waals surface area contributed by atoms with Crippen LogP contribution in [0.1, 0.15) is 6.92 Å². The number of amides is 1. The maximum absolute atomic E-state index is 10.7. The molecule has 52 valence electrons. The highest BCUT2D eigenvalue weighted by molar-refractivity contribution is 5.73. The van der Waals surface area contributed by atoms with Crippen LogP contribution >= 0.6 is 0 Å². The van der Waals surface area contributed by atoms with Crippen LogP contribution < -0.4 is 5.32 Å². The number of hydrogen-bond donors (Lipinski definition) is 1. The Kier molecular flexibility index (Phi) is 1.71. The van der Waals surface area contributed by atoms with E-state index in [1.807, 2.05) is 7.05 Å². The SMILES string of the molecule is CC(=O)N(C)C1CNC1. The molecule has 1 amide bonds. The van der Waals surface area contributed by atoms with Crippen LogP contribution in [0.4, 0.5) is 0 Å². The number of nitrogens with one attached hydrogen (secondary N) is 1. The molecular weight excluding hydrogens is 116 g/mol. The van der Waals surface area contributed by atoms with Crippen molar-refractivity contribution in [3.8, 4) is 0 Å². The van der Waals surface area contributed by atoms with E-state index >= 15 is 0 Å². The van der Waals surface area contributed by atoms with E-state index in [1.54, 1.807) is 11.8 Å². The van der Waals surface area contributed by atoms with E-state index < -0.39 is 0 Å². The average molecular weight is 128 g/mol. The molecule has 0 aromatic carbocycles. The molecule has 3 heteroatoms. The molecule has 0 saturated carbocycles. The normalized spacial score (nSPS) is 18.9. The number of likely N-dealkylation sites (N-methyl/N-ethyl adjacent to an activating group) is 1. The van der Waals surface area contributed by atoms with Crippen molar-refractivity contribution in [2.45, 2.75) is 13.0 Å². The van der Waals surface area contributed by atoms with Gasteiger partial charge >= 0.3 is 0 Å². The molecule has 0 aromatic heterocycles. The summed E-state index contributed by atoms with van der Waals surface area (Å²) in [5, 5.41) is 3.10. The van der Waals surface area contributed by atoms with E-state index in [4.69, 9.17) is 0 Å². The summed E-state index contributed by atoms with van der Waals surface area (Å²) < 4.78 is 0. The van der Waals surface area contributed by atoms with Crippen LogP contribution in [0.5, 0.6) is 0 Å². The van der Waals surface area contributed by atoms with Gasteiger partial charge in [0.2, 0.25) is 5.91 Å². The Labute approximate surface area is 55.0 Å². The predicted octanol–water partition coefficient (Wildman–Crippen LogP) is -0.563. The summed E-state index contributed by atoms with van der Waals surface area (Å²) in [5.41, 5.74) is 0. The van der Waals surface area contributed by atoms with Crippen molar-refractivity contribution in [1.82, 2.24) is 10.2 Å². The molecule has 1 saturated heterocycles. The maximum atomic E-state index is 10.7. The Bertz CT molecular complexity index is 120. The molecule has 0 aromatic rings. The summed E-state index contributed by atoms with van der Waals surface area (Å²) >= 11 is 0. The van der Waals surface area contributed by atoms with Gasteiger partial charge in [0.15, 0.2) is 0 Å². The fourth-order valence-electron chi connectivity index (χ4n) is 0.804. The highest BCUT2D eigenvalue weighted by Gasteiger charge is 2.22. The highest BCUT2D eigenvalue weighted by Crippen LogP contribution is 2.00. The van der Waals surface area contributed by atoms with Crippen LogP contribution in [0.3, 0.4) is 0 Å². The Hall–Kier alpha value is -0.570. The van der Waals surface area contributed by atoms with Crippen LogP contribution in [-0.2, 0) is 4.79 Å². The lowest BCUT2D eigenvalue weighted by molar-refractivity contribution is -0.130. The van der Waals surface area contributed by atoms with Gasteiger partial charge in [0.25, 0.3) is 0 Å². The second-order valence-electron chi connectivity index (χ2n) is 2.44. The van der Waals surface area contributed by atoms with Crippen molar-refractivity contribution in [3.05, 3.63) is 0 Å². The van der Waals surface area contributed by atoms with Crippen molar-refractivity contribution >= 4 is 5.91 Å². The van der Waals surface area contributed by atoms with Crippen LogP contribution in [0.15, 0.2) is 0 Å². The lowest BCUT2D eigenvalue weighted by Crippen LogP contribution is -2.57. The summed E-state index contributed by atoms with van der Waals surface area (Å²) in [6, 6.07) is 0.447. The standard InChI is InChI=1S/C6H12N2O/c1-5(9)8(2)6-3-7-4-6/h6-7H,3-4H2,1-2H3. The molecule has 1 fully saturated rings. The Morgan fingerprint density at radius 2 is 2.22 bits per heavy atom. The van der Waals surface area contributed by atoms with Crippen molar-refractivity contribution in [3.63, 3.8) is 0 Å².